The van der Waals surface area contributed by atoms with E-state index in [9.17, 15) is 9.18 Å². The molecule has 1 amide bonds. The predicted molar refractivity (Wildman–Crippen MR) is 106 cm³/mol. The van der Waals surface area contributed by atoms with Gasteiger partial charge in [0.25, 0.3) is 0 Å². The van der Waals surface area contributed by atoms with Crippen molar-refractivity contribution in [3.05, 3.63) is 64.9 Å². The lowest BCUT2D eigenvalue weighted by Crippen LogP contribution is -2.44. The maximum Gasteiger partial charge on any atom is 0.237 e. The Morgan fingerprint density at radius 1 is 1.30 bits per heavy atom. The lowest BCUT2D eigenvalue weighted by atomic mass is 10.2. The Morgan fingerprint density at radius 3 is 2.85 bits per heavy atom. The minimum Gasteiger partial charge on any atom is -0.351 e. The quantitative estimate of drug-likeness (QED) is 0.715. The molecule has 6 heteroatoms. The number of thiazole rings is 1. The molecule has 2 heterocycles. The number of rotatable bonds is 5. The maximum atomic E-state index is 13.0. The molecule has 4 rings (SSSR count). The van der Waals surface area contributed by atoms with Crippen LogP contribution in [-0.2, 0) is 11.3 Å². The van der Waals surface area contributed by atoms with Gasteiger partial charge in [-0.25, -0.2) is 9.37 Å². The summed E-state index contributed by atoms with van der Waals surface area (Å²) >= 11 is 1.72. The minimum atomic E-state index is -0.269. The molecule has 1 aliphatic rings. The first kappa shape index (κ1) is 18.1. The van der Waals surface area contributed by atoms with Gasteiger partial charge >= 0.3 is 0 Å². The third-order valence-corrected chi connectivity index (χ3v) is 6.28. The molecule has 0 radical (unpaired) electrons. The Labute approximate surface area is 162 Å². The summed E-state index contributed by atoms with van der Waals surface area (Å²) in [6.45, 7) is 3.25. The van der Waals surface area contributed by atoms with Gasteiger partial charge in [-0.2, -0.15) is 0 Å². The van der Waals surface area contributed by atoms with Crippen LogP contribution in [0.25, 0.3) is 10.2 Å². The van der Waals surface area contributed by atoms with Crippen LogP contribution < -0.4 is 5.32 Å². The summed E-state index contributed by atoms with van der Waals surface area (Å²) in [4.78, 5) is 19.7. The lowest BCUT2D eigenvalue weighted by Gasteiger charge is -2.28. The van der Waals surface area contributed by atoms with Gasteiger partial charge in [0.2, 0.25) is 5.91 Å². The number of carbonyl (C=O) groups is 1. The Bertz CT molecular complexity index is 907. The summed E-state index contributed by atoms with van der Waals surface area (Å²) in [5, 5.41) is 4.06. The number of nitrogens with one attached hydrogen (secondary N) is 1. The van der Waals surface area contributed by atoms with Crippen molar-refractivity contribution in [2.24, 2.45) is 0 Å². The first-order valence-electron chi connectivity index (χ1n) is 9.25. The second-order valence-corrected chi connectivity index (χ2v) is 8.00. The van der Waals surface area contributed by atoms with Crippen molar-refractivity contribution in [3.63, 3.8) is 0 Å². The van der Waals surface area contributed by atoms with Crippen molar-refractivity contribution in [2.75, 3.05) is 6.54 Å². The van der Waals surface area contributed by atoms with E-state index in [-0.39, 0.29) is 23.8 Å². The fourth-order valence-corrected chi connectivity index (χ4v) is 4.76. The fraction of sp³-hybridized carbons (Fsp3) is 0.333. The molecule has 4 nitrogen and oxygen atoms in total. The Hall–Kier alpha value is -2.31. The molecule has 27 heavy (non-hydrogen) atoms. The number of benzene rings is 2. The molecule has 0 bridgehead atoms. The molecule has 1 saturated heterocycles. The van der Waals surface area contributed by atoms with E-state index in [1.54, 1.807) is 23.5 Å². The number of amides is 1. The second-order valence-electron chi connectivity index (χ2n) is 6.94. The van der Waals surface area contributed by atoms with Crippen LogP contribution in [0.1, 0.15) is 36.4 Å². The summed E-state index contributed by atoms with van der Waals surface area (Å²) in [6.07, 6.45) is 2.09. The molecule has 1 aromatic heterocycles. The van der Waals surface area contributed by atoms with Crippen LogP contribution in [0.3, 0.4) is 0 Å². The van der Waals surface area contributed by atoms with Crippen LogP contribution >= 0.6 is 11.3 Å². The zero-order valence-corrected chi connectivity index (χ0v) is 16.0. The van der Waals surface area contributed by atoms with E-state index in [1.165, 1.54) is 16.8 Å². The van der Waals surface area contributed by atoms with E-state index in [1.807, 2.05) is 25.1 Å². The Morgan fingerprint density at radius 2 is 2.07 bits per heavy atom. The average Bonchev–Trinajstić information content (AvgIpc) is 3.33. The maximum absolute atomic E-state index is 13.0. The van der Waals surface area contributed by atoms with E-state index in [0.717, 1.165) is 35.5 Å². The standard InChI is InChI=1S/C21H22FN3OS/c1-14(20(26)23-13-15-8-10-16(22)11-9-15)25-12-4-6-18(25)21-24-17-5-2-3-7-19(17)27-21/h2-3,5,7-11,14,18H,4,6,12-13H2,1H3,(H,23,26). The zero-order valence-electron chi connectivity index (χ0n) is 15.2. The molecule has 2 aromatic carbocycles. The highest BCUT2D eigenvalue weighted by molar-refractivity contribution is 7.18. The normalized spacial score (nSPS) is 18.7. The van der Waals surface area contributed by atoms with Crippen LogP contribution in [-0.4, -0.2) is 28.4 Å². The third-order valence-electron chi connectivity index (χ3n) is 5.15. The van der Waals surface area contributed by atoms with Crippen LogP contribution in [0.2, 0.25) is 0 Å². The second kappa shape index (κ2) is 7.74. The monoisotopic (exact) mass is 383 g/mol. The van der Waals surface area contributed by atoms with E-state index in [2.05, 4.69) is 16.3 Å². The number of halogens is 1. The number of fused-ring (bicyclic) bond motifs is 1. The molecule has 0 saturated carbocycles. The molecule has 0 spiro atoms. The largest absolute Gasteiger partial charge is 0.351 e. The summed E-state index contributed by atoms with van der Waals surface area (Å²) in [6, 6.07) is 14.3. The molecule has 3 aromatic rings. The van der Waals surface area contributed by atoms with Crippen LogP contribution in [0.4, 0.5) is 4.39 Å². The van der Waals surface area contributed by atoms with Gasteiger partial charge in [0.15, 0.2) is 0 Å². The molecule has 0 aliphatic carbocycles. The SMILES string of the molecule is CC(C(=O)NCc1ccc(F)cc1)N1CCCC1c1nc2ccccc2s1. The number of likely N-dealkylation sites (tertiary alicyclic amines) is 1. The summed E-state index contributed by atoms with van der Waals surface area (Å²) < 4.78 is 14.2. The Balaban J connectivity index is 1.44. The highest BCUT2D eigenvalue weighted by atomic mass is 32.1. The van der Waals surface area contributed by atoms with Crippen molar-refractivity contribution < 1.29 is 9.18 Å². The molecule has 1 N–H and O–H groups in total. The average molecular weight is 383 g/mol. The molecule has 1 aliphatic heterocycles. The molecule has 140 valence electrons. The number of hydrogen-bond donors (Lipinski definition) is 1. The van der Waals surface area contributed by atoms with Gasteiger partial charge in [0, 0.05) is 6.54 Å². The van der Waals surface area contributed by atoms with Crippen molar-refractivity contribution in [3.8, 4) is 0 Å². The number of para-hydroxylation sites is 1. The van der Waals surface area contributed by atoms with E-state index >= 15 is 0 Å². The van der Waals surface area contributed by atoms with Gasteiger partial charge < -0.3 is 5.32 Å². The van der Waals surface area contributed by atoms with Gasteiger partial charge in [-0.15, -0.1) is 11.3 Å². The molecule has 2 atom stereocenters. The highest BCUT2D eigenvalue weighted by Crippen LogP contribution is 2.37. The molecular weight excluding hydrogens is 361 g/mol. The number of aromatic nitrogens is 1. The molecular formula is C21H22FN3OS. The Kier molecular flexibility index (Phi) is 5.18. The molecule has 1 fully saturated rings. The first-order chi connectivity index (χ1) is 13.1. The minimum absolute atomic E-state index is 0.00710. The summed E-state index contributed by atoms with van der Waals surface area (Å²) in [7, 11) is 0. The number of hydrogen-bond acceptors (Lipinski definition) is 4. The summed E-state index contributed by atoms with van der Waals surface area (Å²) in [5.41, 5.74) is 1.92. The van der Waals surface area contributed by atoms with Gasteiger partial charge in [-0.05, 0) is 56.1 Å². The van der Waals surface area contributed by atoms with E-state index in [0.29, 0.717) is 6.54 Å². The van der Waals surface area contributed by atoms with Gasteiger partial charge in [0.1, 0.15) is 10.8 Å². The highest BCUT2D eigenvalue weighted by Gasteiger charge is 2.34. The van der Waals surface area contributed by atoms with Crippen molar-refractivity contribution in [1.82, 2.24) is 15.2 Å². The number of nitrogens with zero attached hydrogens (tertiary/aromatic N) is 2. The van der Waals surface area contributed by atoms with Gasteiger partial charge in [0.05, 0.1) is 22.3 Å². The number of carbonyl (C=O) groups excluding carboxylic acids is 1. The first-order valence-corrected chi connectivity index (χ1v) is 10.1. The van der Waals surface area contributed by atoms with Crippen LogP contribution in [0.5, 0.6) is 0 Å². The smallest absolute Gasteiger partial charge is 0.237 e. The van der Waals surface area contributed by atoms with Crippen molar-refractivity contribution in [1.29, 1.82) is 0 Å². The van der Waals surface area contributed by atoms with E-state index < -0.39 is 0 Å². The molecule has 2 unspecified atom stereocenters. The lowest BCUT2D eigenvalue weighted by molar-refractivity contribution is -0.126. The third kappa shape index (κ3) is 3.87. The van der Waals surface area contributed by atoms with Crippen molar-refractivity contribution >= 4 is 27.5 Å². The zero-order chi connectivity index (χ0) is 18.8. The summed E-state index contributed by atoms with van der Waals surface area (Å²) in [5.74, 6) is -0.276. The van der Waals surface area contributed by atoms with Crippen molar-refractivity contribution in [2.45, 2.75) is 38.4 Å². The predicted octanol–water partition coefficient (Wildman–Crippen LogP) is 4.28. The van der Waals surface area contributed by atoms with Crippen LogP contribution in [0.15, 0.2) is 48.5 Å². The topological polar surface area (TPSA) is 45.2 Å². The van der Waals surface area contributed by atoms with Gasteiger partial charge in [-0.3, -0.25) is 9.69 Å². The fourth-order valence-electron chi connectivity index (χ4n) is 3.64. The van der Waals surface area contributed by atoms with Crippen LogP contribution in [0, 0.1) is 5.82 Å². The van der Waals surface area contributed by atoms with Gasteiger partial charge in [-0.1, -0.05) is 24.3 Å². The van der Waals surface area contributed by atoms with E-state index in [4.69, 9.17) is 4.98 Å².